The van der Waals surface area contributed by atoms with Gasteiger partial charge in [0.25, 0.3) is 0 Å². The Labute approximate surface area is 158 Å². The minimum Gasteiger partial charge on any atom is -0.326 e. The highest BCUT2D eigenvalue weighted by Gasteiger charge is 2.30. The van der Waals surface area contributed by atoms with Gasteiger partial charge in [-0.1, -0.05) is 18.2 Å². The molecule has 7 heteroatoms. The van der Waals surface area contributed by atoms with E-state index in [0.29, 0.717) is 5.56 Å². The molecule has 2 N–H and O–H groups in total. The largest absolute Gasteiger partial charge is 0.326 e. The van der Waals surface area contributed by atoms with E-state index in [1.54, 1.807) is 34.8 Å². The first kappa shape index (κ1) is 16.5. The lowest BCUT2D eigenvalue weighted by atomic mass is 10.0. The summed E-state index contributed by atoms with van der Waals surface area (Å²) in [5.41, 5.74) is 4.24. The lowest BCUT2D eigenvalue weighted by molar-refractivity contribution is 0.240. The molecular formula is C19H14N4OS2. The van der Waals surface area contributed by atoms with Crippen molar-refractivity contribution in [1.82, 2.24) is 15.6 Å². The highest BCUT2D eigenvalue weighted by Crippen LogP contribution is 2.38. The molecule has 1 atom stereocenters. The van der Waals surface area contributed by atoms with Crippen molar-refractivity contribution in [3.8, 4) is 17.3 Å². The van der Waals surface area contributed by atoms with E-state index in [0.717, 1.165) is 32.4 Å². The number of carbonyl (C=O) groups excluding carboxylic acids is 1. The highest BCUT2D eigenvalue weighted by atomic mass is 32.1. The number of benzene rings is 1. The Bertz CT molecular complexity index is 1030. The maximum absolute atomic E-state index is 11.9. The molecule has 0 spiro atoms. The zero-order valence-corrected chi connectivity index (χ0v) is 15.4. The van der Waals surface area contributed by atoms with Crippen molar-refractivity contribution < 1.29 is 4.79 Å². The second-order valence-electron chi connectivity index (χ2n) is 5.81. The van der Waals surface area contributed by atoms with Crippen LogP contribution in [0.15, 0.2) is 52.9 Å². The third-order valence-corrected chi connectivity index (χ3v) is 5.95. The van der Waals surface area contributed by atoms with E-state index in [1.807, 2.05) is 41.9 Å². The number of nitrogens with zero attached hydrogens (tertiary/aromatic N) is 2. The molecule has 1 aliphatic rings. The van der Waals surface area contributed by atoms with Gasteiger partial charge in [0.15, 0.2) is 0 Å². The van der Waals surface area contributed by atoms with Crippen LogP contribution < -0.4 is 10.6 Å². The Morgan fingerprint density at radius 3 is 2.69 bits per heavy atom. The number of carbonyl (C=O) groups is 1. The number of thiophene rings is 1. The third kappa shape index (κ3) is 3.01. The van der Waals surface area contributed by atoms with Crippen molar-refractivity contribution in [2.45, 2.75) is 13.0 Å². The summed E-state index contributed by atoms with van der Waals surface area (Å²) in [6.45, 7) is 1.90. The Morgan fingerprint density at radius 1 is 1.19 bits per heavy atom. The summed E-state index contributed by atoms with van der Waals surface area (Å²) in [5, 5.41) is 19.6. The first-order chi connectivity index (χ1) is 12.7. The molecule has 0 saturated carbocycles. The van der Waals surface area contributed by atoms with E-state index in [4.69, 9.17) is 10.2 Å². The number of urea groups is 1. The SMILES string of the molecule is CC1=C(c2nc(-c3ccc(C#N)cc3)cs2)C(c2cccs2)NC(=O)N1. The number of amides is 2. The number of allylic oxidation sites excluding steroid dienone is 1. The zero-order valence-electron chi connectivity index (χ0n) is 13.8. The van der Waals surface area contributed by atoms with Gasteiger partial charge in [-0.05, 0) is 30.5 Å². The molecule has 128 valence electrons. The van der Waals surface area contributed by atoms with Gasteiger partial charge in [0, 0.05) is 27.1 Å². The summed E-state index contributed by atoms with van der Waals surface area (Å²) < 4.78 is 0. The highest BCUT2D eigenvalue weighted by molar-refractivity contribution is 7.11. The normalized spacial score (nSPS) is 16.8. The van der Waals surface area contributed by atoms with Crippen molar-refractivity contribution in [2.75, 3.05) is 0 Å². The fourth-order valence-corrected chi connectivity index (χ4v) is 4.64. The number of nitrogens with one attached hydrogen (secondary N) is 2. The van der Waals surface area contributed by atoms with Gasteiger partial charge in [-0.15, -0.1) is 22.7 Å². The van der Waals surface area contributed by atoms with Crippen LogP contribution in [-0.4, -0.2) is 11.0 Å². The van der Waals surface area contributed by atoms with E-state index in [1.165, 1.54) is 0 Å². The monoisotopic (exact) mass is 378 g/mol. The van der Waals surface area contributed by atoms with E-state index in [9.17, 15) is 4.79 Å². The van der Waals surface area contributed by atoms with Crippen LogP contribution in [0.3, 0.4) is 0 Å². The van der Waals surface area contributed by atoms with Crippen LogP contribution in [0.1, 0.15) is 28.4 Å². The summed E-state index contributed by atoms with van der Waals surface area (Å²) in [4.78, 5) is 17.8. The third-order valence-electron chi connectivity index (χ3n) is 4.14. The van der Waals surface area contributed by atoms with Crippen molar-refractivity contribution >= 4 is 34.3 Å². The zero-order chi connectivity index (χ0) is 18.1. The first-order valence-electron chi connectivity index (χ1n) is 7.94. The van der Waals surface area contributed by atoms with Crippen molar-refractivity contribution in [3.63, 3.8) is 0 Å². The summed E-state index contributed by atoms with van der Waals surface area (Å²) in [5.74, 6) is 0. The fraction of sp³-hybridized carbons (Fsp3) is 0.105. The summed E-state index contributed by atoms with van der Waals surface area (Å²) in [6, 6.07) is 13.1. The van der Waals surface area contributed by atoms with Crippen LogP contribution in [0.25, 0.3) is 16.8 Å². The minimum absolute atomic E-state index is 0.200. The average molecular weight is 378 g/mol. The molecule has 26 heavy (non-hydrogen) atoms. The lowest BCUT2D eigenvalue weighted by Crippen LogP contribution is -2.42. The fourth-order valence-electron chi connectivity index (χ4n) is 2.89. The summed E-state index contributed by atoms with van der Waals surface area (Å²) >= 11 is 3.15. The number of rotatable bonds is 3. The van der Waals surface area contributed by atoms with Gasteiger partial charge in [0.1, 0.15) is 5.01 Å². The molecule has 0 radical (unpaired) electrons. The quantitative estimate of drug-likeness (QED) is 0.703. The number of thiazole rings is 1. The maximum Gasteiger partial charge on any atom is 0.319 e. The standard InChI is InChI=1S/C19H14N4OS2/c1-11-16(17(23-19(24)21-11)15-3-2-8-25-15)18-22-14(10-26-18)13-6-4-12(9-20)5-7-13/h2-8,10,17H,1H3,(H2,21,23,24). The average Bonchev–Trinajstić information content (AvgIpc) is 3.33. The van der Waals surface area contributed by atoms with Gasteiger partial charge < -0.3 is 10.6 Å². The molecular weight excluding hydrogens is 364 g/mol. The van der Waals surface area contributed by atoms with E-state index in [2.05, 4.69) is 16.7 Å². The summed E-state index contributed by atoms with van der Waals surface area (Å²) in [6.07, 6.45) is 0. The van der Waals surface area contributed by atoms with Crippen molar-refractivity contribution in [2.24, 2.45) is 0 Å². The van der Waals surface area contributed by atoms with Gasteiger partial charge in [-0.25, -0.2) is 9.78 Å². The van der Waals surface area contributed by atoms with Gasteiger partial charge in [0.2, 0.25) is 0 Å². The van der Waals surface area contributed by atoms with Crippen LogP contribution in [0, 0.1) is 11.3 Å². The van der Waals surface area contributed by atoms with Crippen molar-refractivity contribution in [1.29, 1.82) is 5.26 Å². The second kappa shape index (κ2) is 6.75. The van der Waals surface area contributed by atoms with Crippen LogP contribution in [0.4, 0.5) is 4.79 Å². The van der Waals surface area contributed by atoms with Crippen LogP contribution in [-0.2, 0) is 0 Å². The molecule has 1 aromatic carbocycles. The summed E-state index contributed by atoms with van der Waals surface area (Å²) in [7, 11) is 0. The molecule has 2 aromatic heterocycles. The second-order valence-corrected chi connectivity index (χ2v) is 7.65. The topological polar surface area (TPSA) is 77.8 Å². The Balaban J connectivity index is 1.73. The molecule has 0 bridgehead atoms. The molecule has 0 fully saturated rings. The smallest absolute Gasteiger partial charge is 0.319 e. The Hall–Kier alpha value is -2.95. The molecule has 0 aliphatic carbocycles. The Kier molecular flexibility index (Phi) is 4.29. The predicted molar refractivity (Wildman–Crippen MR) is 104 cm³/mol. The van der Waals surface area contributed by atoms with E-state index in [-0.39, 0.29) is 12.1 Å². The molecule has 1 unspecified atom stereocenters. The molecule has 4 rings (SSSR count). The van der Waals surface area contributed by atoms with E-state index < -0.39 is 0 Å². The van der Waals surface area contributed by atoms with E-state index >= 15 is 0 Å². The number of hydrogen-bond acceptors (Lipinski definition) is 5. The van der Waals surface area contributed by atoms with Crippen LogP contribution >= 0.6 is 22.7 Å². The molecule has 5 nitrogen and oxygen atoms in total. The predicted octanol–water partition coefficient (Wildman–Crippen LogP) is 4.53. The molecule has 3 heterocycles. The number of nitriles is 1. The molecule has 3 aromatic rings. The first-order valence-corrected chi connectivity index (χ1v) is 9.70. The van der Waals surface area contributed by atoms with Gasteiger partial charge in [0.05, 0.1) is 23.4 Å². The molecule has 1 aliphatic heterocycles. The molecule has 2 amide bonds. The number of aromatic nitrogens is 1. The van der Waals surface area contributed by atoms with Crippen LogP contribution in [0.2, 0.25) is 0 Å². The van der Waals surface area contributed by atoms with Crippen molar-refractivity contribution in [3.05, 3.63) is 68.3 Å². The lowest BCUT2D eigenvalue weighted by Gasteiger charge is -2.27. The van der Waals surface area contributed by atoms with Crippen LogP contribution in [0.5, 0.6) is 0 Å². The number of hydrogen-bond donors (Lipinski definition) is 2. The maximum atomic E-state index is 11.9. The van der Waals surface area contributed by atoms with Gasteiger partial charge in [-0.3, -0.25) is 0 Å². The minimum atomic E-state index is -0.205. The van der Waals surface area contributed by atoms with Gasteiger partial charge in [-0.2, -0.15) is 5.26 Å². The molecule has 0 saturated heterocycles. The Morgan fingerprint density at radius 2 is 2.00 bits per heavy atom. The van der Waals surface area contributed by atoms with Gasteiger partial charge >= 0.3 is 6.03 Å².